The summed E-state index contributed by atoms with van der Waals surface area (Å²) in [7, 11) is -2.22. The summed E-state index contributed by atoms with van der Waals surface area (Å²) in [5, 5.41) is 4.48. The predicted molar refractivity (Wildman–Crippen MR) is 107 cm³/mol. The van der Waals surface area contributed by atoms with Gasteiger partial charge in [-0.1, -0.05) is 48.5 Å². The average molecular weight is 414 g/mol. The van der Waals surface area contributed by atoms with Crippen LogP contribution in [0.15, 0.2) is 70.4 Å². The largest absolute Gasteiger partial charge is 0.383 e. The van der Waals surface area contributed by atoms with Gasteiger partial charge in [0.25, 0.3) is 0 Å². The molecule has 1 aliphatic rings. The van der Waals surface area contributed by atoms with E-state index in [1.54, 1.807) is 42.0 Å². The van der Waals surface area contributed by atoms with Crippen molar-refractivity contribution in [2.45, 2.75) is 24.0 Å². The van der Waals surface area contributed by atoms with E-state index in [2.05, 4.69) is 5.10 Å². The van der Waals surface area contributed by atoms with Crippen molar-refractivity contribution in [3.63, 3.8) is 0 Å². The molecule has 8 nitrogen and oxygen atoms in total. The first-order valence-electron chi connectivity index (χ1n) is 9.32. The number of ether oxygens (including phenoxy) is 1. The summed E-state index contributed by atoms with van der Waals surface area (Å²) in [6.45, 7) is 1.08. The van der Waals surface area contributed by atoms with E-state index in [0.29, 0.717) is 19.0 Å². The fourth-order valence-corrected chi connectivity index (χ4v) is 5.17. The number of fused-ring (bicyclic) bond motifs is 1. The molecule has 0 spiro atoms. The van der Waals surface area contributed by atoms with Gasteiger partial charge in [0.1, 0.15) is 6.04 Å². The maximum Gasteiger partial charge on any atom is 0.346 e. The Balaban J connectivity index is 1.85. The van der Waals surface area contributed by atoms with Gasteiger partial charge in [0.05, 0.1) is 18.0 Å². The summed E-state index contributed by atoms with van der Waals surface area (Å²) in [6, 6.07) is 16.9. The highest BCUT2D eigenvalue weighted by atomic mass is 32.2. The standard InChI is InChI=1S/C20H22N4O4S/c1-28-15-14-23-20(25)22-12-13-24(29(26,27)17-10-6-3-7-11-17)18(19(22)21-23)16-8-4-2-5-9-16/h2-11,18H,12-15H2,1H3. The summed E-state index contributed by atoms with van der Waals surface area (Å²) >= 11 is 0. The molecule has 0 N–H and O–H groups in total. The van der Waals surface area contributed by atoms with E-state index in [4.69, 9.17) is 4.74 Å². The molecule has 1 unspecified atom stereocenters. The van der Waals surface area contributed by atoms with E-state index in [-0.39, 0.29) is 23.7 Å². The number of hydrogen-bond acceptors (Lipinski definition) is 5. The van der Waals surface area contributed by atoms with Crippen LogP contribution in [0.5, 0.6) is 0 Å². The van der Waals surface area contributed by atoms with Gasteiger partial charge in [-0.25, -0.2) is 17.9 Å². The molecular weight excluding hydrogens is 392 g/mol. The lowest BCUT2D eigenvalue weighted by Gasteiger charge is -2.34. The molecular formula is C20H22N4O4S. The first kappa shape index (κ1) is 19.6. The number of methoxy groups -OCH3 is 1. The third-order valence-corrected chi connectivity index (χ3v) is 6.88. The Morgan fingerprint density at radius 3 is 2.34 bits per heavy atom. The molecule has 9 heteroatoms. The first-order valence-corrected chi connectivity index (χ1v) is 10.8. The third-order valence-electron chi connectivity index (χ3n) is 5.00. The topological polar surface area (TPSA) is 86.4 Å². The zero-order valence-electron chi connectivity index (χ0n) is 16.0. The fraction of sp³-hybridized carbons (Fsp3) is 0.300. The number of sulfonamides is 1. The lowest BCUT2D eigenvalue weighted by molar-refractivity contribution is 0.182. The van der Waals surface area contributed by atoms with Gasteiger partial charge in [-0.05, 0) is 17.7 Å². The van der Waals surface area contributed by atoms with Crippen molar-refractivity contribution in [3.8, 4) is 0 Å². The van der Waals surface area contributed by atoms with Crippen LogP contribution in [0.25, 0.3) is 0 Å². The van der Waals surface area contributed by atoms with Crippen LogP contribution in [0.1, 0.15) is 17.4 Å². The zero-order chi connectivity index (χ0) is 20.4. The second-order valence-corrected chi connectivity index (χ2v) is 8.64. The molecule has 0 aliphatic carbocycles. The lowest BCUT2D eigenvalue weighted by Crippen LogP contribution is -2.44. The van der Waals surface area contributed by atoms with Crippen molar-refractivity contribution in [3.05, 3.63) is 82.5 Å². The van der Waals surface area contributed by atoms with Crippen LogP contribution in [0.2, 0.25) is 0 Å². The second kappa shape index (κ2) is 7.94. The molecule has 3 aromatic rings. The normalized spacial score (nSPS) is 17.2. The molecule has 1 aliphatic heterocycles. The molecule has 2 aromatic carbocycles. The van der Waals surface area contributed by atoms with E-state index >= 15 is 0 Å². The minimum Gasteiger partial charge on any atom is -0.383 e. The Morgan fingerprint density at radius 2 is 1.69 bits per heavy atom. The molecule has 0 saturated carbocycles. The molecule has 0 saturated heterocycles. The highest BCUT2D eigenvalue weighted by Gasteiger charge is 2.40. The maximum absolute atomic E-state index is 13.4. The van der Waals surface area contributed by atoms with Crippen molar-refractivity contribution in [1.29, 1.82) is 0 Å². The van der Waals surface area contributed by atoms with Crippen molar-refractivity contribution in [2.24, 2.45) is 0 Å². The Morgan fingerprint density at radius 1 is 1.03 bits per heavy atom. The number of rotatable bonds is 6. The van der Waals surface area contributed by atoms with Crippen molar-refractivity contribution in [1.82, 2.24) is 18.7 Å². The molecule has 0 amide bonds. The Hall–Kier alpha value is -2.75. The van der Waals surface area contributed by atoms with Gasteiger partial charge < -0.3 is 4.74 Å². The smallest absolute Gasteiger partial charge is 0.346 e. The SMILES string of the molecule is COCCn1nc2n(c1=O)CCN(S(=O)(=O)c1ccccc1)C2c1ccccc1. The summed E-state index contributed by atoms with van der Waals surface area (Å²) in [6.07, 6.45) is 0. The van der Waals surface area contributed by atoms with Gasteiger partial charge in [-0.3, -0.25) is 4.57 Å². The van der Waals surface area contributed by atoms with Gasteiger partial charge in [-0.15, -0.1) is 0 Å². The van der Waals surface area contributed by atoms with Gasteiger partial charge in [0.15, 0.2) is 5.82 Å². The van der Waals surface area contributed by atoms with Crippen LogP contribution in [0.4, 0.5) is 0 Å². The van der Waals surface area contributed by atoms with E-state index in [1.807, 2.05) is 30.3 Å². The van der Waals surface area contributed by atoms with Gasteiger partial charge in [0.2, 0.25) is 10.0 Å². The lowest BCUT2D eigenvalue weighted by atomic mass is 10.1. The van der Waals surface area contributed by atoms with E-state index in [9.17, 15) is 13.2 Å². The number of benzene rings is 2. The number of nitrogens with zero attached hydrogens (tertiary/aromatic N) is 4. The molecule has 152 valence electrons. The second-order valence-electron chi connectivity index (χ2n) is 6.75. The highest BCUT2D eigenvalue weighted by molar-refractivity contribution is 7.89. The van der Waals surface area contributed by atoms with Crippen LogP contribution >= 0.6 is 0 Å². The van der Waals surface area contributed by atoms with E-state index < -0.39 is 16.1 Å². The van der Waals surface area contributed by atoms with Crippen molar-refractivity contribution < 1.29 is 13.2 Å². The minimum atomic E-state index is -3.78. The van der Waals surface area contributed by atoms with Crippen LogP contribution in [-0.4, -0.2) is 47.3 Å². The predicted octanol–water partition coefficient (Wildman–Crippen LogP) is 1.49. The molecule has 2 heterocycles. The first-order chi connectivity index (χ1) is 14.0. The van der Waals surface area contributed by atoms with Gasteiger partial charge in [0, 0.05) is 20.2 Å². The molecule has 0 fully saturated rings. The van der Waals surface area contributed by atoms with Crippen molar-refractivity contribution in [2.75, 3.05) is 20.3 Å². The van der Waals surface area contributed by atoms with E-state index in [0.717, 1.165) is 5.56 Å². The average Bonchev–Trinajstić information content (AvgIpc) is 3.08. The van der Waals surface area contributed by atoms with Gasteiger partial charge in [-0.2, -0.15) is 9.40 Å². The summed E-state index contributed by atoms with van der Waals surface area (Å²) in [4.78, 5) is 13.0. The maximum atomic E-state index is 13.4. The molecule has 1 atom stereocenters. The van der Waals surface area contributed by atoms with E-state index in [1.165, 1.54) is 8.99 Å². The van der Waals surface area contributed by atoms with Gasteiger partial charge >= 0.3 is 5.69 Å². The molecule has 4 rings (SSSR count). The number of hydrogen-bond donors (Lipinski definition) is 0. The molecule has 1 aromatic heterocycles. The Bertz CT molecular complexity index is 1140. The molecule has 0 radical (unpaired) electrons. The van der Waals surface area contributed by atoms with Crippen LogP contribution in [0, 0.1) is 0 Å². The van der Waals surface area contributed by atoms with Crippen LogP contribution in [0.3, 0.4) is 0 Å². The summed E-state index contributed by atoms with van der Waals surface area (Å²) < 4.78 is 36.3. The molecule has 0 bridgehead atoms. The quantitative estimate of drug-likeness (QED) is 0.610. The van der Waals surface area contributed by atoms with Crippen molar-refractivity contribution >= 4 is 10.0 Å². The molecule has 29 heavy (non-hydrogen) atoms. The summed E-state index contributed by atoms with van der Waals surface area (Å²) in [5.74, 6) is 0.419. The Kier molecular flexibility index (Phi) is 5.35. The third kappa shape index (κ3) is 3.52. The van der Waals surface area contributed by atoms with Crippen LogP contribution in [-0.2, 0) is 27.8 Å². The zero-order valence-corrected chi connectivity index (χ0v) is 16.8. The monoisotopic (exact) mass is 414 g/mol. The van der Waals surface area contributed by atoms with Crippen LogP contribution < -0.4 is 5.69 Å². The Labute approximate surface area is 169 Å². The minimum absolute atomic E-state index is 0.180. The highest BCUT2D eigenvalue weighted by Crippen LogP contribution is 2.34. The fourth-order valence-electron chi connectivity index (χ4n) is 3.59. The summed E-state index contributed by atoms with van der Waals surface area (Å²) in [5.41, 5.74) is 0.506. The number of aromatic nitrogens is 3.